The second kappa shape index (κ2) is 9.75. The predicted octanol–water partition coefficient (Wildman–Crippen LogP) is 3.07. The highest BCUT2D eigenvalue weighted by atomic mass is 19.4. The van der Waals surface area contributed by atoms with Gasteiger partial charge in [-0.3, -0.25) is 14.5 Å². The average Bonchev–Trinajstić information content (AvgIpc) is 2.75. The summed E-state index contributed by atoms with van der Waals surface area (Å²) in [5, 5.41) is 0. The quantitative estimate of drug-likeness (QED) is 0.674. The molecular formula is C22H23F3N2O3. The summed E-state index contributed by atoms with van der Waals surface area (Å²) in [5.41, 5.74) is 1.65. The largest absolute Gasteiger partial charge is 0.471 e. The molecule has 0 spiro atoms. The number of hydrogen-bond donors (Lipinski definition) is 0. The van der Waals surface area contributed by atoms with Crippen LogP contribution in [0.3, 0.4) is 0 Å². The molecule has 0 N–H and O–H groups in total. The molecule has 5 nitrogen and oxygen atoms in total. The minimum absolute atomic E-state index is 0.00292. The molecule has 1 aliphatic heterocycles. The third-order valence-corrected chi connectivity index (χ3v) is 5.06. The van der Waals surface area contributed by atoms with Crippen molar-refractivity contribution < 1.29 is 27.5 Å². The lowest BCUT2D eigenvalue weighted by atomic mass is 9.91. The van der Waals surface area contributed by atoms with Crippen molar-refractivity contribution in [3.05, 3.63) is 71.8 Å². The van der Waals surface area contributed by atoms with Crippen LogP contribution in [-0.2, 0) is 14.3 Å². The van der Waals surface area contributed by atoms with E-state index in [0.717, 1.165) is 16.0 Å². The molecule has 1 fully saturated rings. The van der Waals surface area contributed by atoms with E-state index in [4.69, 9.17) is 4.74 Å². The Morgan fingerprint density at radius 1 is 0.867 bits per heavy atom. The predicted molar refractivity (Wildman–Crippen MR) is 105 cm³/mol. The Bertz CT molecular complexity index is 796. The molecular weight excluding hydrogens is 397 g/mol. The maximum Gasteiger partial charge on any atom is 0.471 e. The lowest BCUT2D eigenvalue weighted by Crippen LogP contribution is -2.52. The molecule has 1 aliphatic rings. The summed E-state index contributed by atoms with van der Waals surface area (Å²) >= 11 is 0. The first-order valence-corrected chi connectivity index (χ1v) is 9.71. The number of rotatable bonds is 6. The Morgan fingerprint density at radius 2 is 1.37 bits per heavy atom. The van der Waals surface area contributed by atoms with Gasteiger partial charge in [0.25, 0.3) is 0 Å². The molecule has 2 aromatic rings. The van der Waals surface area contributed by atoms with Crippen LogP contribution in [0.4, 0.5) is 13.2 Å². The average molecular weight is 420 g/mol. The van der Waals surface area contributed by atoms with Crippen LogP contribution in [-0.4, -0.2) is 67.2 Å². The highest BCUT2D eigenvalue weighted by Crippen LogP contribution is 2.26. The fraction of sp³-hybridized carbons (Fsp3) is 0.364. The fourth-order valence-electron chi connectivity index (χ4n) is 3.47. The number of halogens is 3. The third-order valence-electron chi connectivity index (χ3n) is 5.06. The van der Waals surface area contributed by atoms with E-state index in [1.807, 2.05) is 65.6 Å². The second-order valence-corrected chi connectivity index (χ2v) is 7.05. The van der Waals surface area contributed by atoms with Gasteiger partial charge in [0.15, 0.2) is 0 Å². The molecule has 0 aliphatic carbocycles. The lowest BCUT2D eigenvalue weighted by molar-refractivity contribution is -0.187. The molecule has 0 unspecified atom stereocenters. The summed E-state index contributed by atoms with van der Waals surface area (Å²) in [6.45, 7) is 1.14. The van der Waals surface area contributed by atoms with Crippen molar-refractivity contribution in [3.8, 4) is 0 Å². The number of hydrogen-bond acceptors (Lipinski definition) is 4. The molecule has 1 saturated heterocycles. The van der Waals surface area contributed by atoms with Crippen LogP contribution in [0.5, 0.6) is 0 Å². The van der Waals surface area contributed by atoms with Crippen molar-refractivity contribution in [2.75, 3.05) is 39.3 Å². The number of amides is 1. The topological polar surface area (TPSA) is 49.9 Å². The minimum Gasteiger partial charge on any atom is -0.464 e. The normalized spacial score (nSPS) is 15.3. The van der Waals surface area contributed by atoms with E-state index >= 15 is 0 Å². The van der Waals surface area contributed by atoms with Crippen LogP contribution in [0.1, 0.15) is 17.0 Å². The van der Waals surface area contributed by atoms with E-state index < -0.39 is 18.0 Å². The fourth-order valence-corrected chi connectivity index (χ4v) is 3.47. The first kappa shape index (κ1) is 21.8. The van der Waals surface area contributed by atoms with Gasteiger partial charge in [-0.05, 0) is 11.1 Å². The highest BCUT2D eigenvalue weighted by Gasteiger charge is 2.43. The minimum atomic E-state index is -4.85. The van der Waals surface area contributed by atoms with Crippen molar-refractivity contribution in [1.82, 2.24) is 9.80 Å². The third kappa shape index (κ3) is 5.60. The lowest BCUT2D eigenvalue weighted by Gasteiger charge is -2.34. The summed E-state index contributed by atoms with van der Waals surface area (Å²) < 4.78 is 43.0. The van der Waals surface area contributed by atoms with Gasteiger partial charge in [0.1, 0.15) is 12.5 Å². The maximum atomic E-state index is 12.8. The van der Waals surface area contributed by atoms with E-state index in [1.54, 1.807) is 0 Å². The molecule has 0 atom stereocenters. The van der Waals surface area contributed by atoms with E-state index in [9.17, 15) is 22.8 Å². The zero-order chi connectivity index (χ0) is 21.6. The molecule has 0 saturated carbocycles. The van der Waals surface area contributed by atoms with Gasteiger partial charge in [-0.1, -0.05) is 60.7 Å². The van der Waals surface area contributed by atoms with Crippen molar-refractivity contribution in [3.63, 3.8) is 0 Å². The first-order valence-electron chi connectivity index (χ1n) is 9.71. The maximum absolute atomic E-state index is 12.8. The molecule has 8 heteroatoms. The first-order chi connectivity index (χ1) is 14.4. The Labute approximate surface area is 173 Å². The number of ether oxygens (including phenoxy) is 1. The van der Waals surface area contributed by atoms with Gasteiger partial charge in [0.05, 0.1) is 0 Å². The SMILES string of the molecule is O=C(OCCN1CCN(C(=O)C(F)(F)F)CC1)C(c1ccccc1)c1ccccc1. The highest BCUT2D eigenvalue weighted by molar-refractivity contribution is 5.82. The Morgan fingerprint density at radius 3 is 1.83 bits per heavy atom. The smallest absolute Gasteiger partial charge is 0.464 e. The van der Waals surface area contributed by atoms with Crippen LogP contribution in [0.2, 0.25) is 0 Å². The number of carbonyl (C=O) groups is 2. The van der Waals surface area contributed by atoms with E-state index in [0.29, 0.717) is 19.6 Å². The van der Waals surface area contributed by atoms with Crippen molar-refractivity contribution in [2.45, 2.75) is 12.1 Å². The number of esters is 1. The second-order valence-electron chi connectivity index (χ2n) is 7.05. The molecule has 2 aromatic carbocycles. The van der Waals surface area contributed by atoms with E-state index in [1.165, 1.54) is 0 Å². The number of carbonyl (C=O) groups excluding carboxylic acids is 2. The number of nitrogens with zero attached hydrogens (tertiary/aromatic N) is 2. The molecule has 1 amide bonds. The molecule has 1 heterocycles. The summed E-state index contributed by atoms with van der Waals surface area (Å²) in [6.07, 6.45) is -4.85. The standard InChI is InChI=1S/C22H23F3N2O3/c23-22(24,25)21(29)27-13-11-26(12-14-27)15-16-30-20(28)19(17-7-3-1-4-8-17)18-9-5-2-6-10-18/h1-10,19H,11-16H2. The monoisotopic (exact) mass is 420 g/mol. The van der Waals surface area contributed by atoms with Gasteiger partial charge in [-0.15, -0.1) is 0 Å². The van der Waals surface area contributed by atoms with Gasteiger partial charge in [-0.25, -0.2) is 0 Å². The van der Waals surface area contributed by atoms with Crippen LogP contribution in [0.25, 0.3) is 0 Å². The summed E-state index contributed by atoms with van der Waals surface area (Å²) in [5.74, 6) is -2.73. The Hall–Kier alpha value is -2.87. The van der Waals surface area contributed by atoms with Crippen LogP contribution in [0.15, 0.2) is 60.7 Å². The summed E-state index contributed by atoms with van der Waals surface area (Å²) in [7, 11) is 0. The number of benzene rings is 2. The summed E-state index contributed by atoms with van der Waals surface area (Å²) in [6, 6.07) is 18.7. The van der Waals surface area contributed by atoms with Gasteiger partial charge in [0, 0.05) is 32.7 Å². The van der Waals surface area contributed by atoms with Gasteiger partial charge < -0.3 is 9.64 Å². The Balaban J connectivity index is 1.53. The zero-order valence-corrected chi connectivity index (χ0v) is 16.3. The molecule has 0 radical (unpaired) electrons. The van der Waals surface area contributed by atoms with Gasteiger partial charge in [-0.2, -0.15) is 13.2 Å². The van der Waals surface area contributed by atoms with Crippen molar-refractivity contribution >= 4 is 11.9 Å². The van der Waals surface area contributed by atoms with Crippen LogP contribution in [0, 0.1) is 0 Å². The van der Waals surface area contributed by atoms with Crippen LogP contribution >= 0.6 is 0 Å². The van der Waals surface area contributed by atoms with Gasteiger partial charge >= 0.3 is 18.1 Å². The molecule has 160 valence electrons. The molecule has 0 aromatic heterocycles. The number of piperazine rings is 1. The summed E-state index contributed by atoms with van der Waals surface area (Å²) in [4.78, 5) is 26.8. The number of alkyl halides is 3. The van der Waals surface area contributed by atoms with E-state index in [2.05, 4.69) is 0 Å². The van der Waals surface area contributed by atoms with Gasteiger partial charge in [0.2, 0.25) is 0 Å². The Kier molecular flexibility index (Phi) is 7.10. The zero-order valence-electron chi connectivity index (χ0n) is 16.3. The van der Waals surface area contributed by atoms with Crippen molar-refractivity contribution in [2.24, 2.45) is 0 Å². The van der Waals surface area contributed by atoms with Crippen molar-refractivity contribution in [1.29, 1.82) is 0 Å². The molecule has 0 bridgehead atoms. The van der Waals surface area contributed by atoms with Crippen LogP contribution < -0.4 is 0 Å². The molecule has 3 rings (SSSR count). The van der Waals surface area contributed by atoms with E-state index in [-0.39, 0.29) is 25.7 Å². The molecule has 30 heavy (non-hydrogen) atoms.